The number of piperidine rings is 1. The van der Waals surface area contributed by atoms with E-state index >= 15 is 0 Å². The van der Waals surface area contributed by atoms with Crippen LogP contribution in [0.5, 0.6) is 0 Å². The second-order valence-electron chi connectivity index (χ2n) is 5.49. The lowest BCUT2D eigenvalue weighted by atomic mass is 9.78. The van der Waals surface area contributed by atoms with Gasteiger partial charge in [0.15, 0.2) is 0 Å². The van der Waals surface area contributed by atoms with Gasteiger partial charge in [-0.1, -0.05) is 29.8 Å². The number of nitrogens with one attached hydrogen (secondary N) is 1. The number of nitrogens with zero attached hydrogens (tertiary/aromatic N) is 1. The number of nitrogens with two attached hydrogens (primary N) is 1. The monoisotopic (exact) mass is 275 g/mol. The summed E-state index contributed by atoms with van der Waals surface area (Å²) in [5.41, 5.74) is 8.91. The first-order chi connectivity index (χ1) is 9.08. The minimum atomic E-state index is 0.357. The molecule has 2 aliphatic heterocycles. The van der Waals surface area contributed by atoms with E-state index in [0.717, 1.165) is 24.1 Å². The lowest BCUT2D eigenvalue weighted by Gasteiger charge is -2.43. The molecule has 2 bridgehead atoms. The first kappa shape index (κ1) is 12.7. The second kappa shape index (κ2) is 4.66. The van der Waals surface area contributed by atoms with Crippen LogP contribution in [0.4, 0.5) is 5.69 Å². The summed E-state index contributed by atoms with van der Waals surface area (Å²) in [7, 11) is 2.14. The van der Waals surface area contributed by atoms with Crippen LogP contribution in [0, 0.1) is 11.3 Å². The molecule has 1 aliphatic carbocycles. The van der Waals surface area contributed by atoms with E-state index in [1.165, 1.54) is 6.42 Å². The maximum Gasteiger partial charge on any atom is 0.0678 e. The molecule has 3 aliphatic rings. The molecule has 0 saturated carbocycles. The van der Waals surface area contributed by atoms with E-state index in [4.69, 9.17) is 22.7 Å². The van der Waals surface area contributed by atoms with Gasteiger partial charge in [0.25, 0.3) is 0 Å². The zero-order valence-electron chi connectivity index (χ0n) is 11.0. The Labute approximate surface area is 118 Å². The van der Waals surface area contributed by atoms with Crippen molar-refractivity contribution in [3.05, 3.63) is 40.4 Å². The van der Waals surface area contributed by atoms with Gasteiger partial charge in [-0.15, -0.1) is 0 Å². The van der Waals surface area contributed by atoms with Crippen molar-refractivity contribution in [1.29, 1.82) is 5.41 Å². The van der Waals surface area contributed by atoms with Crippen LogP contribution in [0.3, 0.4) is 0 Å². The molecular weight excluding hydrogens is 258 g/mol. The lowest BCUT2D eigenvalue weighted by Crippen LogP contribution is -2.47. The van der Waals surface area contributed by atoms with Gasteiger partial charge in [0.05, 0.1) is 16.4 Å². The van der Waals surface area contributed by atoms with Crippen molar-refractivity contribution >= 4 is 23.0 Å². The Morgan fingerprint density at radius 1 is 1.42 bits per heavy atom. The predicted octanol–water partition coefficient (Wildman–Crippen LogP) is 2.94. The Bertz CT molecular complexity index is 565. The van der Waals surface area contributed by atoms with Gasteiger partial charge in [0, 0.05) is 18.2 Å². The van der Waals surface area contributed by atoms with Crippen LogP contribution < -0.4 is 5.73 Å². The largest absolute Gasteiger partial charge is 0.397 e. The highest BCUT2D eigenvalue weighted by atomic mass is 35.5. The first-order valence-electron chi connectivity index (χ1n) is 6.63. The third-order valence-electron chi connectivity index (χ3n) is 4.25. The summed E-state index contributed by atoms with van der Waals surface area (Å²) < 4.78 is 0. The Morgan fingerprint density at radius 2 is 2.21 bits per heavy atom. The summed E-state index contributed by atoms with van der Waals surface area (Å²) in [5.74, 6) is 0.575. The Hall–Kier alpha value is -1.32. The van der Waals surface area contributed by atoms with Gasteiger partial charge in [0.1, 0.15) is 0 Å². The summed E-state index contributed by atoms with van der Waals surface area (Å²) in [5, 5.41) is 9.00. The lowest BCUT2D eigenvalue weighted by molar-refractivity contribution is 0.166. The second-order valence-corrected chi connectivity index (χ2v) is 5.90. The average Bonchev–Trinajstić information content (AvgIpc) is 2.41. The highest BCUT2D eigenvalue weighted by molar-refractivity contribution is 6.34. The molecule has 3 nitrogen and oxygen atoms in total. The molecule has 1 aromatic carbocycles. The molecule has 0 aromatic heterocycles. The van der Waals surface area contributed by atoms with Crippen LogP contribution in [0.25, 0.3) is 0 Å². The fraction of sp³-hybridized carbons (Fsp3) is 0.400. The number of nitrogen functional groups attached to an aromatic ring is 1. The molecule has 1 saturated heterocycles. The molecule has 19 heavy (non-hydrogen) atoms. The molecule has 0 radical (unpaired) electrons. The topological polar surface area (TPSA) is 53.1 Å². The number of hydrogen-bond acceptors (Lipinski definition) is 3. The van der Waals surface area contributed by atoms with Crippen LogP contribution in [0.15, 0.2) is 29.8 Å². The van der Waals surface area contributed by atoms with Crippen LogP contribution in [0.2, 0.25) is 5.02 Å². The number of benzene rings is 1. The van der Waals surface area contributed by atoms with Gasteiger partial charge < -0.3 is 5.73 Å². The van der Waals surface area contributed by atoms with Crippen molar-refractivity contribution in [2.45, 2.75) is 18.9 Å². The molecule has 1 aromatic rings. The molecule has 2 heterocycles. The van der Waals surface area contributed by atoms with Crippen LogP contribution in [-0.2, 0) is 0 Å². The zero-order chi connectivity index (χ0) is 13.6. The van der Waals surface area contributed by atoms with Crippen molar-refractivity contribution in [2.75, 3.05) is 19.3 Å². The van der Waals surface area contributed by atoms with Crippen molar-refractivity contribution in [1.82, 2.24) is 4.90 Å². The van der Waals surface area contributed by atoms with Crippen molar-refractivity contribution in [3.63, 3.8) is 0 Å². The van der Waals surface area contributed by atoms with Gasteiger partial charge in [-0.05, 0) is 37.4 Å². The van der Waals surface area contributed by atoms with Crippen LogP contribution >= 0.6 is 11.6 Å². The minimum Gasteiger partial charge on any atom is -0.397 e. The van der Waals surface area contributed by atoms with Gasteiger partial charge in [-0.2, -0.15) is 0 Å². The predicted molar refractivity (Wildman–Crippen MR) is 79.9 cm³/mol. The van der Waals surface area contributed by atoms with E-state index in [2.05, 4.69) is 18.0 Å². The quantitative estimate of drug-likeness (QED) is 0.644. The molecular formula is C15H18ClN3. The van der Waals surface area contributed by atoms with Crippen LogP contribution in [-0.4, -0.2) is 30.2 Å². The van der Waals surface area contributed by atoms with Crippen molar-refractivity contribution in [2.24, 2.45) is 5.92 Å². The van der Waals surface area contributed by atoms with E-state index < -0.39 is 0 Å². The Morgan fingerprint density at radius 3 is 2.89 bits per heavy atom. The molecule has 3 N–H and O–H groups in total. The Kier molecular flexibility index (Phi) is 3.11. The summed E-state index contributed by atoms with van der Waals surface area (Å²) in [6.07, 6.45) is 4.63. The maximum atomic E-state index is 8.47. The van der Waals surface area contributed by atoms with E-state index in [-0.39, 0.29) is 0 Å². The summed E-state index contributed by atoms with van der Waals surface area (Å²) in [4.78, 5) is 2.35. The van der Waals surface area contributed by atoms with E-state index in [0.29, 0.717) is 28.4 Å². The SMILES string of the molecule is CN1CC2C=C(C(=N)c3cccc(Cl)c3N)C1CC2. The number of halogens is 1. The molecule has 0 spiro atoms. The van der Waals surface area contributed by atoms with E-state index in [1.807, 2.05) is 12.1 Å². The zero-order valence-corrected chi connectivity index (χ0v) is 11.7. The number of anilines is 1. The summed E-state index contributed by atoms with van der Waals surface area (Å²) >= 11 is 6.05. The molecule has 4 rings (SSSR count). The van der Waals surface area contributed by atoms with Gasteiger partial charge in [-0.25, -0.2) is 0 Å². The smallest absolute Gasteiger partial charge is 0.0678 e. The molecule has 2 unspecified atom stereocenters. The van der Waals surface area contributed by atoms with Gasteiger partial charge in [0.2, 0.25) is 0 Å². The summed E-state index contributed by atoms with van der Waals surface area (Å²) in [6, 6.07) is 5.86. The summed E-state index contributed by atoms with van der Waals surface area (Å²) in [6.45, 7) is 1.10. The fourth-order valence-electron chi connectivity index (χ4n) is 3.24. The van der Waals surface area contributed by atoms with Crippen molar-refractivity contribution < 1.29 is 0 Å². The van der Waals surface area contributed by atoms with E-state index in [9.17, 15) is 0 Å². The normalized spacial score (nSPS) is 26.3. The minimum absolute atomic E-state index is 0.357. The molecule has 2 atom stereocenters. The number of likely N-dealkylation sites (N-methyl/N-ethyl adjacent to an activating group) is 1. The van der Waals surface area contributed by atoms with Crippen LogP contribution in [0.1, 0.15) is 18.4 Å². The number of hydrogen-bond donors (Lipinski definition) is 2. The third-order valence-corrected chi connectivity index (χ3v) is 4.58. The maximum absolute atomic E-state index is 8.47. The fourth-order valence-corrected chi connectivity index (χ4v) is 3.41. The average molecular weight is 276 g/mol. The number of fused-ring (bicyclic) bond motifs is 2. The number of rotatable bonds is 2. The van der Waals surface area contributed by atoms with Gasteiger partial charge >= 0.3 is 0 Å². The first-order valence-corrected chi connectivity index (χ1v) is 7.01. The van der Waals surface area contributed by atoms with E-state index in [1.54, 1.807) is 6.07 Å². The number of para-hydroxylation sites is 1. The third kappa shape index (κ3) is 2.07. The molecule has 0 amide bonds. The molecule has 1 fully saturated rings. The molecule has 4 heteroatoms. The highest BCUT2D eigenvalue weighted by Crippen LogP contribution is 2.36. The Balaban J connectivity index is 1.99. The standard InChI is InChI=1S/C15H18ClN3/c1-19-8-9-5-6-13(19)11(7-9)14(17)10-3-2-4-12(16)15(10)18/h2-4,7,9,13,17H,5-6,8,18H2,1H3. The van der Waals surface area contributed by atoms with Gasteiger partial charge in [-0.3, -0.25) is 10.3 Å². The highest BCUT2D eigenvalue weighted by Gasteiger charge is 2.35. The molecule has 100 valence electrons. The van der Waals surface area contributed by atoms with Crippen molar-refractivity contribution in [3.8, 4) is 0 Å².